The van der Waals surface area contributed by atoms with E-state index in [2.05, 4.69) is 77.3 Å². The molecule has 17 heavy (non-hydrogen) atoms. The topological polar surface area (TPSA) is 3.24 Å². The molecule has 2 aromatic carbocycles. The van der Waals surface area contributed by atoms with Crippen LogP contribution in [0.15, 0.2) is 53.0 Å². The van der Waals surface area contributed by atoms with Crippen molar-refractivity contribution in [3.05, 3.63) is 64.1 Å². The Morgan fingerprint density at radius 1 is 1.00 bits per heavy atom. The van der Waals surface area contributed by atoms with Crippen molar-refractivity contribution >= 4 is 21.6 Å². The van der Waals surface area contributed by atoms with E-state index in [9.17, 15) is 0 Å². The Morgan fingerprint density at radius 2 is 1.65 bits per heavy atom. The number of aryl methyl sites for hydroxylation is 1. The predicted molar refractivity (Wildman–Crippen MR) is 77.4 cm³/mol. The lowest BCUT2D eigenvalue weighted by molar-refractivity contribution is 0.918. The Kier molecular flexibility index (Phi) is 3.85. The highest BCUT2D eigenvalue weighted by molar-refractivity contribution is 9.10. The van der Waals surface area contributed by atoms with E-state index < -0.39 is 0 Å². The van der Waals surface area contributed by atoms with Gasteiger partial charge in [-0.25, -0.2) is 0 Å². The molecule has 0 fully saturated rings. The van der Waals surface area contributed by atoms with Crippen LogP contribution in [0.5, 0.6) is 0 Å². The van der Waals surface area contributed by atoms with Crippen molar-refractivity contribution in [3.63, 3.8) is 0 Å². The standard InChI is InChI=1S/C15H16BrN/c1-12-7-9-14(10-8-12)17(2)11-13-5-3-4-6-15(13)16/h3-10H,11H2,1-2H3. The minimum atomic E-state index is 0.907. The van der Waals surface area contributed by atoms with Gasteiger partial charge in [0, 0.05) is 23.8 Å². The summed E-state index contributed by atoms with van der Waals surface area (Å²) in [6, 6.07) is 17.0. The van der Waals surface area contributed by atoms with E-state index in [0.717, 1.165) is 6.54 Å². The molecular formula is C15H16BrN. The van der Waals surface area contributed by atoms with Crippen LogP contribution in [0.3, 0.4) is 0 Å². The Hall–Kier alpha value is -1.28. The first-order valence-electron chi connectivity index (χ1n) is 5.68. The molecule has 2 aromatic rings. The summed E-state index contributed by atoms with van der Waals surface area (Å²) in [4.78, 5) is 2.25. The van der Waals surface area contributed by atoms with E-state index in [4.69, 9.17) is 0 Å². The van der Waals surface area contributed by atoms with Crippen molar-refractivity contribution in [2.75, 3.05) is 11.9 Å². The van der Waals surface area contributed by atoms with Crippen molar-refractivity contribution in [2.45, 2.75) is 13.5 Å². The van der Waals surface area contributed by atoms with Crippen LogP contribution in [0, 0.1) is 6.92 Å². The van der Waals surface area contributed by atoms with Crippen molar-refractivity contribution in [2.24, 2.45) is 0 Å². The zero-order valence-electron chi connectivity index (χ0n) is 10.2. The molecule has 0 N–H and O–H groups in total. The number of anilines is 1. The molecule has 0 saturated carbocycles. The first-order chi connectivity index (χ1) is 8.16. The SMILES string of the molecule is Cc1ccc(N(C)Cc2ccccc2Br)cc1. The Morgan fingerprint density at radius 3 is 2.29 bits per heavy atom. The summed E-state index contributed by atoms with van der Waals surface area (Å²) < 4.78 is 1.17. The molecule has 2 rings (SSSR count). The molecule has 0 aliphatic heterocycles. The lowest BCUT2D eigenvalue weighted by atomic mass is 10.2. The zero-order valence-corrected chi connectivity index (χ0v) is 11.7. The summed E-state index contributed by atoms with van der Waals surface area (Å²) in [5, 5.41) is 0. The van der Waals surface area contributed by atoms with Gasteiger partial charge in [0.05, 0.1) is 0 Å². The van der Waals surface area contributed by atoms with E-state index in [1.807, 2.05) is 6.07 Å². The normalized spacial score (nSPS) is 10.3. The molecule has 0 aliphatic rings. The Bertz CT molecular complexity index is 491. The number of nitrogens with zero attached hydrogens (tertiary/aromatic N) is 1. The highest BCUT2D eigenvalue weighted by atomic mass is 79.9. The van der Waals surface area contributed by atoms with Crippen molar-refractivity contribution in [1.82, 2.24) is 0 Å². The molecule has 2 heteroatoms. The van der Waals surface area contributed by atoms with Gasteiger partial charge in [-0.3, -0.25) is 0 Å². The van der Waals surface area contributed by atoms with Crippen LogP contribution in [-0.2, 0) is 6.54 Å². The van der Waals surface area contributed by atoms with Crippen LogP contribution < -0.4 is 4.90 Å². The van der Waals surface area contributed by atoms with Gasteiger partial charge in [0.1, 0.15) is 0 Å². The van der Waals surface area contributed by atoms with Gasteiger partial charge in [0.25, 0.3) is 0 Å². The van der Waals surface area contributed by atoms with Crippen LogP contribution in [-0.4, -0.2) is 7.05 Å². The summed E-state index contributed by atoms with van der Waals surface area (Å²) >= 11 is 3.58. The molecule has 0 amide bonds. The van der Waals surface area contributed by atoms with E-state index in [1.54, 1.807) is 0 Å². The first-order valence-corrected chi connectivity index (χ1v) is 6.47. The van der Waals surface area contributed by atoms with Crippen LogP contribution in [0.1, 0.15) is 11.1 Å². The first kappa shape index (κ1) is 12.2. The number of benzene rings is 2. The maximum atomic E-state index is 3.58. The highest BCUT2D eigenvalue weighted by Crippen LogP contribution is 2.21. The van der Waals surface area contributed by atoms with Gasteiger partial charge in [-0.2, -0.15) is 0 Å². The molecule has 1 nitrogen and oxygen atoms in total. The quantitative estimate of drug-likeness (QED) is 0.810. The molecule has 0 saturated heterocycles. The van der Waals surface area contributed by atoms with Gasteiger partial charge < -0.3 is 4.90 Å². The van der Waals surface area contributed by atoms with Crippen molar-refractivity contribution in [1.29, 1.82) is 0 Å². The van der Waals surface area contributed by atoms with Gasteiger partial charge in [-0.15, -0.1) is 0 Å². The lowest BCUT2D eigenvalue weighted by Crippen LogP contribution is -2.16. The number of halogens is 1. The summed E-state index contributed by atoms with van der Waals surface area (Å²) in [5.41, 5.74) is 3.84. The molecule has 0 bridgehead atoms. The predicted octanol–water partition coefficient (Wildman–Crippen LogP) is 4.39. The van der Waals surface area contributed by atoms with Gasteiger partial charge in [0.2, 0.25) is 0 Å². The fourth-order valence-corrected chi connectivity index (χ4v) is 2.18. The minimum absolute atomic E-state index is 0.907. The van der Waals surface area contributed by atoms with E-state index in [0.29, 0.717) is 0 Å². The largest absolute Gasteiger partial charge is 0.370 e. The lowest BCUT2D eigenvalue weighted by Gasteiger charge is -2.20. The molecule has 0 unspecified atom stereocenters. The maximum Gasteiger partial charge on any atom is 0.0437 e. The van der Waals surface area contributed by atoms with Crippen LogP contribution in [0.4, 0.5) is 5.69 Å². The van der Waals surface area contributed by atoms with Gasteiger partial charge in [-0.1, -0.05) is 51.8 Å². The second kappa shape index (κ2) is 5.37. The molecule has 0 atom stereocenters. The number of hydrogen-bond acceptors (Lipinski definition) is 1. The van der Waals surface area contributed by atoms with Crippen LogP contribution in [0.25, 0.3) is 0 Å². The maximum absolute atomic E-state index is 3.58. The second-order valence-corrected chi connectivity index (χ2v) is 5.14. The minimum Gasteiger partial charge on any atom is -0.370 e. The van der Waals surface area contributed by atoms with E-state index in [1.165, 1.54) is 21.3 Å². The molecule has 0 spiro atoms. The Balaban J connectivity index is 2.14. The van der Waals surface area contributed by atoms with Gasteiger partial charge in [-0.05, 0) is 30.7 Å². The fraction of sp³-hybridized carbons (Fsp3) is 0.200. The third-order valence-electron chi connectivity index (χ3n) is 2.84. The molecule has 0 aliphatic carbocycles. The number of rotatable bonds is 3. The third kappa shape index (κ3) is 3.10. The van der Waals surface area contributed by atoms with Gasteiger partial charge >= 0.3 is 0 Å². The summed E-state index contributed by atoms with van der Waals surface area (Å²) in [6.07, 6.45) is 0. The number of hydrogen-bond donors (Lipinski definition) is 0. The van der Waals surface area contributed by atoms with Crippen LogP contribution in [0.2, 0.25) is 0 Å². The molecular weight excluding hydrogens is 274 g/mol. The van der Waals surface area contributed by atoms with Crippen molar-refractivity contribution < 1.29 is 0 Å². The third-order valence-corrected chi connectivity index (χ3v) is 3.61. The molecule has 0 heterocycles. The highest BCUT2D eigenvalue weighted by Gasteiger charge is 2.04. The fourth-order valence-electron chi connectivity index (χ4n) is 1.77. The Labute approximate surface area is 111 Å². The molecule has 0 radical (unpaired) electrons. The molecule has 0 aromatic heterocycles. The second-order valence-electron chi connectivity index (χ2n) is 4.28. The summed E-state index contributed by atoms with van der Waals surface area (Å²) in [5.74, 6) is 0. The van der Waals surface area contributed by atoms with Gasteiger partial charge in [0.15, 0.2) is 0 Å². The molecule has 88 valence electrons. The average Bonchev–Trinajstić information content (AvgIpc) is 2.33. The van der Waals surface area contributed by atoms with E-state index in [-0.39, 0.29) is 0 Å². The summed E-state index contributed by atoms with van der Waals surface area (Å²) in [6.45, 7) is 3.02. The zero-order chi connectivity index (χ0) is 12.3. The van der Waals surface area contributed by atoms with E-state index >= 15 is 0 Å². The average molecular weight is 290 g/mol. The summed E-state index contributed by atoms with van der Waals surface area (Å²) in [7, 11) is 2.12. The van der Waals surface area contributed by atoms with Crippen molar-refractivity contribution in [3.8, 4) is 0 Å². The monoisotopic (exact) mass is 289 g/mol. The smallest absolute Gasteiger partial charge is 0.0437 e. The van der Waals surface area contributed by atoms with Crippen LogP contribution >= 0.6 is 15.9 Å².